The van der Waals surface area contributed by atoms with E-state index in [-0.39, 0.29) is 0 Å². The molecule has 2 fully saturated rings. The van der Waals surface area contributed by atoms with E-state index in [0.717, 1.165) is 5.69 Å². The maximum Gasteiger partial charge on any atom is 0.265 e. The number of nitrogens with one attached hydrogen (secondary N) is 1. The predicted molar refractivity (Wildman–Crippen MR) is 92.8 cm³/mol. The second kappa shape index (κ2) is 5.81. The van der Waals surface area contributed by atoms with Crippen molar-refractivity contribution in [2.24, 2.45) is 5.84 Å². The van der Waals surface area contributed by atoms with Gasteiger partial charge in [0.25, 0.3) is 5.91 Å². The molecule has 0 saturated carbocycles. The third-order valence-electron chi connectivity index (χ3n) is 4.27. The smallest absolute Gasteiger partial charge is 0.265 e. The maximum absolute atomic E-state index is 12.1. The first-order valence-corrected chi connectivity index (χ1v) is 8.77. The van der Waals surface area contributed by atoms with Crippen LogP contribution < -0.4 is 11.3 Å². The fraction of sp³-hybridized carbons (Fsp3) is 0.571. The van der Waals surface area contributed by atoms with Gasteiger partial charge in [-0.15, -0.1) is 0 Å². The number of nitrogens with two attached hydrogens (primary N) is 1. The molecular formula is C14H17IN6O4. The van der Waals surface area contributed by atoms with Crippen molar-refractivity contribution < 1.29 is 19.0 Å². The molecule has 10 nitrogen and oxygen atoms in total. The molecule has 2 aliphatic heterocycles. The van der Waals surface area contributed by atoms with Gasteiger partial charge in [0.05, 0.1) is 12.0 Å². The molecule has 4 heterocycles. The Morgan fingerprint density at radius 2 is 2.08 bits per heavy atom. The summed E-state index contributed by atoms with van der Waals surface area (Å²) in [6.07, 6.45) is -0.974. The van der Waals surface area contributed by atoms with Gasteiger partial charge in [-0.1, -0.05) is 0 Å². The summed E-state index contributed by atoms with van der Waals surface area (Å²) in [4.78, 5) is 25.2. The number of amides is 1. The Labute approximate surface area is 156 Å². The van der Waals surface area contributed by atoms with Crippen LogP contribution in [-0.2, 0) is 19.0 Å². The van der Waals surface area contributed by atoms with Gasteiger partial charge in [-0.3, -0.25) is 14.8 Å². The van der Waals surface area contributed by atoms with Gasteiger partial charge in [0.1, 0.15) is 17.7 Å². The number of ether oxygens (including phenoxy) is 3. The molecule has 2 aromatic rings. The van der Waals surface area contributed by atoms with E-state index in [9.17, 15) is 4.79 Å². The van der Waals surface area contributed by atoms with Gasteiger partial charge in [0, 0.05) is 22.6 Å². The molecule has 4 rings (SSSR count). The lowest BCUT2D eigenvalue weighted by Crippen LogP contribution is -2.45. The number of aryl methyl sites for hydroxylation is 1. The van der Waals surface area contributed by atoms with Crippen LogP contribution in [0, 0.1) is 10.8 Å². The molecule has 2 aromatic heterocycles. The summed E-state index contributed by atoms with van der Waals surface area (Å²) in [5.41, 5.74) is 4.17. The molecule has 11 heteroatoms. The number of rotatable bonds is 2. The van der Waals surface area contributed by atoms with E-state index in [1.165, 1.54) is 0 Å². The molecule has 3 N–H and O–H groups in total. The van der Waals surface area contributed by atoms with Crippen LogP contribution in [0.2, 0.25) is 0 Å². The topological polar surface area (TPSA) is 126 Å². The Morgan fingerprint density at radius 1 is 1.36 bits per heavy atom. The van der Waals surface area contributed by atoms with Crippen molar-refractivity contribution in [3.63, 3.8) is 0 Å². The molecule has 4 atom stereocenters. The van der Waals surface area contributed by atoms with Gasteiger partial charge in [0.2, 0.25) is 0 Å². The Balaban J connectivity index is 1.79. The van der Waals surface area contributed by atoms with Gasteiger partial charge in [-0.2, -0.15) is 0 Å². The number of fused-ring (bicyclic) bond motifs is 2. The highest BCUT2D eigenvalue weighted by Crippen LogP contribution is 2.43. The number of aromatic nitrogens is 4. The highest BCUT2D eigenvalue weighted by molar-refractivity contribution is 14.1. The summed E-state index contributed by atoms with van der Waals surface area (Å²) in [5.74, 6) is 3.98. The number of carbonyl (C=O) groups excluding carboxylic acids is 1. The summed E-state index contributed by atoms with van der Waals surface area (Å²) < 4.78 is 20.1. The summed E-state index contributed by atoms with van der Waals surface area (Å²) in [6, 6.07) is 0. The summed E-state index contributed by atoms with van der Waals surface area (Å²) >= 11 is 2.05. The van der Waals surface area contributed by atoms with E-state index in [0.29, 0.717) is 15.0 Å². The quantitative estimate of drug-likeness (QED) is 0.213. The van der Waals surface area contributed by atoms with Crippen LogP contribution in [0.1, 0.15) is 25.8 Å². The fourth-order valence-corrected chi connectivity index (χ4v) is 3.89. The zero-order valence-corrected chi connectivity index (χ0v) is 15.9. The van der Waals surface area contributed by atoms with Crippen molar-refractivity contribution in [1.82, 2.24) is 24.9 Å². The van der Waals surface area contributed by atoms with Crippen LogP contribution in [0.15, 0.2) is 6.33 Å². The Kier molecular flexibility index (Phi) is 3.95. The van der Waals surface area contributed by atoms with E-state index in [2.05, 4.69) is 20.4 Å². The van der Waals surface area contributed by atoms with E-state index in [1.54, 1.807) is 24.7 Å². The second-order valence-electron chi connectivity index (χ2n) is 6.42. The maximum atomic E-state index is 12.1. The minimum absolute atomic E-state index is 0.469. The monoisotopic (exact) mass is 460 g/mol. The fourth-order valence-electron chi connectivity index (χ4n) is 3.30. The first kappa shape index (κ1) is 17.0. The highest BCUT2D eigenvalue weighted by atomic mass is 127. The van der Waals surface area contributed by atoms with Crippen LogP contribution >= 0.6 is 22.6 Å². The highest BCUT2D eigenvalue weighted by Gasteiger charge is 2.58. The number of nitrogens with zero attached hydrogens (tertiary/aromatic N) is 4. The second-order valence-corrected chi connectivity index (χ2v) is 7.39. The molecular weight excluding hydrogens is 443 g/mol. The molecule has 0 spiro atoms. The number of imidazole rings is 1. The van der Waals surface area contributed by atoms with Gasteiger partial charge in [0.15, 0.2) is 27.6 Å². The van der Waals surface area contributed by atoms with Gasteiger partial charge < -0.3 is 14.2 Å². The molecule has 1 unspecified atom stereocenters. The van der Waals surface area contributed by atoms with Crippen molar-refractivity contribution in [1.29, 1.82) is 0 Å². The van der Waals surface area contributed by atoms with Crippen molar-refractivity contribution in [2.75, 3.05) is 0 Å². The minimum atomic E-state index is -0.888. The van der Waals surface area contributed by atoms with Gasteiger partial charge in [-0.05, 0) is 20.8 Å². The van der Waals surface area contributed by atoms with Gasteiger partial charge in [-0.25, -0.2) is 20.8 Å². The van der Waals surface area contributed by atoms with Crippen molar-refractivity contribution in [3.8, 4) is 0 Å². The molecule has 0 bridgehead atoms. The molecule has 134 valence electrons. The summed E-state index contributed by atoms with van der Waals surface area (Å²) in [5, 5.41) is 0. The SMILES string of the molecule is Cc1nc(I)nc2c1ncn2[C@@H]1O[C@H](C(=O)NN)[C@@H]2OC(C)(C)OC21. The lowest BCUT2D eigenvalue weighted by molar-refractivity contribution is -0.197. The molecule has 0 radical (unpaired) electrons. The predicted octanol–water partition coefficient (Wildman–Crippen LogP) is 0.147. The van der Waals surface area contributed by atoms with Crippen LogP contribution in [0.25, 0.3) is 11.2 Å². The zero-order chi connectivity index (χ0) is 17.9. The largest absolute Gasteiger partial charge is 0.341 e. The zero-order valence-electron chi connectivity index (χ0n) is 13.8. The molecule has 0 aliphatic carbocycles. The van der Waals surface area contributed by atoms with E-state index in [4.69, 9.17) is 20.1 Å². The Morgan fingerprint density at radius 3 is 2.80 bits per heavy atom. The Bertz CT molecular complexity index is 855. The van der Waals surface area contributed by atoms with Crippen molar-refractivity contribution in [2.45, 2.75) is 51.1 Å². The van der Waals surface area contributed by atoms with Crippen LogP contribution in [-0.4, -0.2) is 49.5 Å². The number of hydrogen-bond acceptors (Lipinski definition) is 8. The van der Waals surface area contributed by atoms with Crippen LogP contribution in [0.3, 0.4) is 0 Å². The first-order chi connectivity index (χ1) is 11.8. The lowest BCUT2D eigenvalue weighted by Gasteiger charge is -2.24. The number of hydrazine groups is 1. The standard InChI is InChI=1S/C14H17IN6O4/c1-5-6-10(19-13(15)18-5)21(4-17-6)12-9-7(24-14(2,3)25-9)8(23-12)11(22)20-16/h4,7-9,12H,16H2,1-3H3,(H,20,22)/t7-,8-,9?,12+/m0/s1. The molecule has 1 amide bonds. The third-order valence-corrected chi connectivity index (χ3v) is 4.75. The summed E-state index contributed by atoms with van der Waals surface area (Å²) in [6.45, 7) is 5.45. The number of halogens is 1. The molecule has 2 aliphatic rings. The molecule has 2 saturated heterocycles. The van der Waals surface area contributed by atoms with Crippen molar-refractivity contribution >= 4 is 39.7 Å². The third kappa shape index (κ3) is 2.70. The van der Waals surface area contributed by atoms with E-state index < -0.39 is 36.2 Å². The van der Waals surface area contributed by atoms with E-state index in [1.807, 2.05) is 29.5 Å². The minimum Gasteiger partial charge on any atom is -0.341 e. The molecule has 25 heavy (non-hydrogen) atoms. The first-order valence-electron chi connectivity index (χ1n) is 7.69. The normalized spacial score (nSPS) is 30.6. The Hall–Kier alpha value is -1.41. The number of hydrogen-bond donors (Lipinski definition) is 2. The number of carbonyl (C=O) groups is 1. The average molecular weight is 460 g/mol. The molecule has 0 aromatic carbocycles. The lowest BCUT2D eigenvalue weighted by atomic mass is 10.1. The van der Waals surface area contributed by atoms with Crippen molar-refractivity contribution in [3.05, 3.63) is 15.9 Å². The van der Waals surface area contributed by atoms with Crippen LogP contribution in [0.4, 0.5) is 0 Å². The van der Waals surface area contributed by atoms with Crippen LogP contribution in [0.5, 0.6) is 0 Å². The van der Waals surface area contributed by atoms with Gasteiger partial charge >= 0.3 is 0 Å². The summed E-state index contributed by atoms with van der Waals surface area (Å²) in [7, 11) is 0. The average Bonchev–Trinajstić information content (AvgIpc) is 3.17. The van der Waals surface area contributed by atoms with E-state index >= 15 is 0 Å².